The summed E-state index contributed by atoms with van der Waals surface area (Å²) in [6, 6.07) is 0.397. The van der Waals surface area contributed by atoms with Crippen LogP contribution in [0.1, 0.15) is 19.3 Å². The van der Waals surface area contributed by atoms with Crippen LogP contribution in [0, 0.1) is 5.92 Å². The lowest BCUT2D eigenvalue weighted by atomic mass is 10.1. The fourth-order valence-electron chi connectivity index (χ4n) is 3.55. The molecule has 3 aliphatic rings. The highest BCUT2D eigenvalue weighted by atomic mass is 35.5. The van der Waals surface area contributed by atoms with Crippen molar-refractivity contribution in [1.82, 2.24) is 20.4 Å². The third-order valence-electron chi connectivity index (χ3n) is 5.06. The highest BCUT2D eigenvalue weighted by Crippen LogP contribution is 2.18. The zero-order valence-electron chi connectivity index (χ0n) is 14.6. The second-order valence-electron chi connectivity index (χ2n) is 6.73. The minimum atomic E-state index is -0.186. The number of nitrogens with one attached hydrogen (secondary N) is 2. The van der Waals surface area contributed by atoms with Crippen molar-refractivity contribution in [2.45, 2.75) is 25.3 Å². The molecule has 2 N–H and O–H groups in total. The number of amides is 2. The van der Waals surface area contributed by atoms with E-state index in [1.807, 2.05) is 4.90 Å². The fraction of sp³-hybridized carbons (Fsp3) is 0.875. The van der Waals surface area contributed by atoms with Crippen molar-refractivity contribution in [2.24, 2.45) is 5.92 Å². The Morgan fingerprint density at radius 2 is 2.00 bits per heavy atom. The standard InChI is InChI=1S/C16H28N4O3.2ClH/c21-15-10-13(16(22)18-11-14-2-1-3-17-14)12-20(15)5-4-19-6-8-23-9-7-19;;/h13-14,17H,1-12H2,(H,18,22);2*1H. The Bertz CT molecular complexity index is 430. The van der Waals surface area contributed by atoms with Crippen molar-refractivity contribution in [3.63, 3.8) is 0 Å². The lowest BCUT2D eigenvalue weighted by molar-refractivity contribution is -0.129. The SMILES string of the molecule is Cl.Cl.O=C(NCC1CCCN1)C1CC(=O)N(CCN2CCOCC2)C1. The fourth-order valence-corrected chi connectivity index (χ4v) is 3.55. The molecule has 3 heterocycles. The smallest absolute Gasteiger partial charge is 0.225 e. The van der Waals surface area contributed by atoms with Gasteiger partial charge in [0.25, 0.3) is 0 Å². The molecule has 2 amide bonds. The molecule has 7 nitrogen and oxygen atoms in total. The largest absolute Gasteiger partial charge is 0.379 e. The number of hydrogen-bond donors (Lipinski definition) is 2. The molecule has 0 saturated carbocycles. The summed E-state index contributed by atoms with van der Waals surface area (Å²) in [5.41, 5.74) is 0. The van der Waals surface area contributed by atoms with E-state index in [0.29, 0.717) is 32.1 Å². The van der Waals surface area contributed by atoms with Crippen molar-refractivity contribution < 1.29 is 14.3 Å². The molecule has 2 atom stereocenters. The Morgan fingerprint density at radius 1 is 1.24 bits per heavy atom. The van der Waals surface area contributed by atoms with Crippen molar-refractivity contribution in [2.75, 3.05) is 59.0 Å². The lowest BCUT2D eigenvalue weighted by Gasteiger charge is -2.28. The van der Waals surface area contributed by atoms with Crippen molar-refractivity contribution in [1.29, 1.82) is 0 Å². The molecule has 0 bridgehead atoms. The first kappa shape index (κ1) is 22.4. The molecule has 0 radical (unpaired) electrons. The minimum Gasteiger partial charge on any atom is -0.379 e. The molecule has 3 rings (SSSR count). The first-order valence-corrected chi connectivity index (χ1v) is 8.81. The monoisotopic (exact) mass is 396 g/mol. The van der Waals surface area contributed by atoms with Gasteiger partial charge in [0.15, 0.2) is 0 Å². The van der Waals surface area contributed by atoms with Gasteiger partial charge >= 0.3 is 0 Å². The molecule has 0 spiro atoms. The van der Waals surface area contributed by atoms with Gasteiger partial charge in [0.2, 0.25) is 11.8 Å². The number of carbonyl (C=O) groups excluding carboxylic acids is 2. The highest BCUT2D eigenvalue weighted by molar-refractivity contribution is 5.89. The quantitative estimate of drug-likeness (QED) is 0.654. The topological polar surface area (TPSA) is 73.9 Å². The van der Waals surface area contributed by atoms with Crippen LogP contribution < -0.4 is 10.6 Å². The molecule has 0 aromatic carbocycles. The van der Waals surface area contributed by atoms with Gasteiger partial charge in [-0.2, -0.15) is 0 Å². The summed E-state index contributed by atoms with van der Waals surface area (Å²) >= 11 is 0. The lowest BCUT2D eigenvalue weighted by Crippen LogP contribution is -2.42. The molecule has 0 aliphatic carbocycles. The molecular weight excluding hydrogens is 367 g/mol. The summed E-state index contributed by atoms with van der Waals surface area (Å²) in [5.74, 6) is -0.0492. The number of halogens is 2. The number of hydrogen-bond acceptors (Lipinski definition) is 5. The number of nitrogens with zero attached hydrogens (tertiary/aromatic N) is 2. The van der Waals surface area contributed by atoms with E-state index in [9.17, 15) is 9.59 Å². The molecule has 0 aromatic heterocycles. The summed E-state index contributed by atoms with van der Waals surface area (Å²) in [6.07, 6.45) is 2.65. The first-order chi connectivity index (χ1) is 11.2. The van der Waals surface area contributed by atoms with Crippen molar-refractivity contribution in [3.8, 4) is 0 Å². The average Bonchev–Trinajstić information content (AvgIpc) is 3.21. The van der Waals surface area contributed by atoms with Gasteiger partial charge < -0.3 is 20.3 Å². The number of morpholine rings is 1. The van der Waals surface area contributed by atoms with Gasteiger partial charge in [-0.05, 0) is 19.4 Å². The van der Waals surface area contributed by atoms with E-state index in [1.165, 1.54) is 6.42 Å². The molecule has 3 saturated heterocycles. The maximum Gasteiger partial charge on any atom is 0.225 e. The van der Waals surface area contributed by atoms with E-state index in [2.05, 4.69) is 15.5 Å². The van der Waals surface area contributed by atoms with Crippen LogP contribution >= 0.6 is 24.8 Å². The molecule has 9 heteroatoms. The van der Waals surface area contributed by atoms with Gasteiger partial charge in [0.05, 0.1) is 19.1 Å². The molecule has 25 heavy (non-hydrogen) atoms. The number of likely N-dealkylation sites (tertiary alicyclic amines) is 1. The van der Waals surface area contributed by atoms with Crippen LogP contribution in [0.2, 0.25) is 0 Å². The Hall–Kier alpha value is -0.600. The summed E-state index contributed by atoms with van der Waals surface area (Å²) in [6.45, 7) is 7.27. The van der Waals surface area contributed by atoms with Crippen LogP contribution in [0.4, 0.5) is 0 Å². The van der Waals surface area contributed by atoms with E-state index in [0.717, 1.165) is 45.8 Å². The molecule has 3 aliphatic heterocycles. The van der Waals surface area contributed by atoms with E-state index >= 15 is 0 Å². The predicted octanol–water partition coefficient (Wildman–Crippen LogP) is -0.121. The Labute approximate surface area is 162 Å². The van der Waals surface area contributed by atoms with Crippen LogP contribution in [-0.4, -0.2) is 86.7 Å². The zero-order valence-corrected chi connectivity index (χ0v) is 16.2. The Balaban J connectivity index is 0.00000156. The van der Waals surface area contributed by atoms with Gasteiger partial charge in [0.1, 0.15) is 0 Å². The number of rotatable bonds is 6. The minimum absolute atomic E-state index is 0. The Morgan fingerprint density at radius 3 is 2.68 bits per heavy atom. The van der Waals surface area contributed by atoms with Crippen LogP contribution in [0.5, 0.6) is 0 Å². The maximum absolute atomic E-state index is 12.3. The highest BCUT2D eigenvalue weighted by Gasteiger charge is 2.34. The number of carbonyl (C=O) groups is 2. The van der Waals surface area contributed by atoms with Crippen LogP contribution in [0.3, 0.4) is 0 Å². The van der Waals surface area contributed by atoms with Crippen molar-refractivity contribution in [3.05, 3.63) is 0 Å². The van der Waals surface area contributed by atoms with Gasteiger partial charge in [-0.3, -0.25) is 14.5 Å². The van der Waals surface area contributed by atoms with Gasteiger partial charge in [-0.1, -0.05) is 0 Å². The van der Waals surface area contributed by atoms with E-state index in [4.69, 9.17) is 4.74 Å². The zero-order chi connectivity index (χ0) is 16.1. The average molecular weight is 397 g/mol. The van der Waals surface area contributed by atoms with Gasteiger partial charge in [-0.15, -0.1) is 24.8 Å². The molecule has 0 aromatic rings. The van der Waals surface area contributed by atoms with Crippen LogP contribution in [0.25, 0.3) is 0 Å². The second kappa shape index (κ2) is 11.2. The predicted molar refractivity (Wildman–Crippen MR) is 100 cm³/mol. The molecule has 2 unspecified atom stereocenters. The Kier molecular flexibility index (Phi) is 10.0. The van der Waals surface area contributed by atoms with Gasteiger partial charge in [-0.25, -0.2) is 0 Å². The van der Waals surface area contributed by atoms with Crippen molar-refractivity contribution >= 4 is 36.6 Å². The van der Waals surface area contributed by atoms with Crippen LogP contribution in [-0.2, 0) is 14.3 Å². The third kappa shape index (κ3) is 6.57. The summed E-state index contributed by atoms with van der Waals surface area (Å²) in [7, 11) is 0. The summed E-state index contributed by atoms with van der Waals surface area (Å²) in [5, 5.41) is 6.37. The maximum atomic E-state index is 12.3. The van der Waals surface area contributed by atoms with E-state index in [1.54, 1.807) is 0 Å². The van der Waals surface area contributed by atoms with Crippen LogP contribution in [0.15, 0.2) is 0 Å². The summed E-state index contributed by atoms with van der Waals surface area (Å²) < 4.78 is 5.33. The van der Waals surface area contributed by atoms with Gasteiger partial charge in [0, 0.05) is 51.7 Å². The second-order valence-corrected chi connectivity index (χ2v) is 6.73. The number of ether oxygens (including phenoxy) is 1. The molecular formula is C16H30Cl2N4O3. The first-order valence-electron chi connectivity index (χ1n) is 8.81. The molecule has 3 fully saturated rings. The molecule has 146 valence electrons. The van der Waals surface area contributed by atoms with E-state index in [-0.39, 0.29) is 42.5 Å². The summed E-state index contributed by atoms with van der Waals surface area (Å²) in [4.78, 5) is 28.5. The third-order valence-corrected chi connectivity index (χ3v) is 5.06. The van der Waals surface area contributed by atoms with E-state index < -0.39 is 0 Å². The normalized spacial score (nSPS) is 26.9.